The Morgan fingerprint density at radius 3 is 2.53 bits per heavy atom. The lowest BCUT2D eigenvalue weighted by molar-refractivity contribution is -0.129. The number of benzene rings is 1. The molecule has 4 nitrogen and oxygen atoms in total. The van der Waals surface area contributed by atoms with Crippen LogP contribution in [0.1, 0.15) is 5.69 Å². The van der Waals surface area contributed by atoms with E-state index in [-0.39, 0.29) is 6.61 Å². The summed E-state index contributed by atoms with van der Waals surface area (Å²) in [7, 11) is 0. The molecule has 0 unspecified atom stereocenters. The fourth-order valence-electron chi connectivity index (χ4n) is 1.32. The quantitative estimate of drug-likeness (QED) is 0.780. The van der Waals surface area contributed by atoms with Crippen LogP contribution >= 0.6 is 11.6 Å². The molecule has 2 aromatic rings. The van der Waals surface area contributed by atoms with Crippen molar-refractivity contribution in [3.8, 4) is 11.3 Å². The summed E-state index contributed by atoms with van der Waals surface area (Å²) in [4.78, 5) is 18.4. The van der Waals surface area contributed by atoms with Crippen molar-refractivity contribution in [2.45, 2.75) is 6.61 Å². The minimum atomic E-state index is 0.136. The van der Waals surface area contributed by atoms with Crippen molar-refractivity contribution >= 4 is 18.1 Å². The van der Waals surface area contributed by atoms with Gasteiger partial charge in [0.25, 0.3) is 6.47 Å². The molecule has 2 rings (SSSR count). The molecule has 0 aliphatic rings. The summed E-state index contributed by atoms with van der Waals surface area (Å²) < 4.78 is 4.58. The van der Waals surface area contributed by atoms with Gasteiger partial charge in [0.05, 0.1) is 23.8 Å². The number of hydrogen-bond donors (Lipinski definition) is 0. The number of aromatic nitrogens is 2. The number of carbonyl (C=O) groups excluding carboxylic acids is 1. The van der Waals surface area contributed by atoms with Crippen molar-refractivity contribution in [3.63, 3.8) is 0 Å². The lowest BCUT2D eigenvalue weighted by atomic mass is 10.2. The van der Waals surface area contributed by atoms with E-state index in [4.69, 9.17) is 11.6 Å². The summed E-state index contributed by atoms with van der Waals surface area (Å²) in [5, 5.41) is 0.678. The highest BCUT2D eigenvalue weighted by Gasteiger charge is 2.01. The molecule has 1 heterocycles. The predicted molar refractivity (Wildman–Crippen MR) is 63.3 cm³/mol. The van der Waals surface area contributed by atoms with E-state index in [0.717, 1.165) is 11.3 Å². The lowest BCUT2D eigenvalue weighted by Gasteiger charge is -2.02. The van der Waals surface area contributed by atoms with Gasteiger partial charge in [0, 0.05) is 10.6 Å². The molecule has 0 aliphatic carbocycles. The van der Waals surface area contributed by atoms with Gasteiger partial charge in [0.1, 0.15) is 6.61 Å². The third-order valence-electron chi connectivity index (χ3n) is 2.14. The maximum atomic E-state index is 10.0. The van der Waals surface area contributed by atoms with Crippen LogP contribution < -0.4 is 0 Å². The van der Waals surface area contributed by atoms with E-state index in [9.17, 15) is 4.79 Å². The SMILES string of the molecule is O=COCc1cnc(-c2ccc(Cl)cc2)cn1. The summed E-state index contributed by atoms with van der Waals surface area (Å²) in [6.45, 7) is 0.520. The van der Waals surface area contributed by atoms with Crippen LogP contribution in [0.5, 0.6) is 0 Å². The molecular weight excluding hydrogens is 240 g/mol. The topological polar surface area (TPSA) is 52.1 Å². The van der Waals surface area contributed by atoms with Crippen molar-refractivity contribution in [1.29, 1.82) is 0 Å². The van der Waals surface area contributed by atoms with Crippen molar-refractivity contribution in [2.75, 3.05) is 0 Å². The first-order chi connectivity index (χ1) is 8.29. The van der Waals surface area contributed by atoms with Crippen molar-refractivity contribution < 1.29 is 9.53 Å². The van der Waals surface area contributed by atoms with E-state index >= 15 is 0 Å². The number of hydrogen-bond acceptors (Lipinski definition) is 4. The minimum absolute atomic E-state index is 0.136. The molecule has 86 valence electrons. The van der Waals surface area contributed by atoms with E-state index in [2.05, 4.69) is 14.7 Å². The summed E-state index contributed by atoms with van der Waals surface area (Å²) in [6, 6.07) is 7.33. The van der Waals surface area contributed by atoms with Crippen LogP contribution in [0.15, 0.2) is 36.7 Å². The fourth-order valence-corrected chi connectivity index (χ4v) is 1.44. The molecule has 5 heteroatoms. The Hall–Kier alpha value is -1.94. The van der Waals surface area contributed by atoms with Crippen molar-refractivity contribution in [2.24, 2.45) is 0 Å². The molecule has 1 aromatic carbocycles. The van der Waals surface area contributed by atoms with Gasteiger partial charge in [-0.15, -0.1) is 0 Å². The van der Waals surface area contributed by atoms with Crippen LogP contribution in [0.3, 0.4) is 0 Å². The van der Waals surface area contributed by atoms with Crippen LogP contribution in [-0.2, 0) is 16.1 Å². The summed E-state index contributed by atoms with van der Waals surface area (Å²) in [6.07, 6.45) is 3.21. The Labute approximate surface area is 103 Å². The van der Waals surface area contributed by atoms with Gasteiger partial charge in [-0.05, 0) is 12.1 Å². The number of rotatable bonds is 4. The van der Waals surface area contributed by atoms with E-state index in [0.29, 0.717) is 17.2 Å². The summed E-state index contributed by atoms with van der Waals surface area (Å²) >= 11 is 5.80. The molecule has 1 aromatic heterocycles. The fraction of sp³-hybridized carbons (Fsp3) is 0.0833. The van der Waals surface area contributed by atoms with E-state index in [1.54, 1.807) is 24.5 Å². The van der Waals surface area contributed by atoms with Gasteiger partial charge in [-0.1, -0.05) is 23.7 Å². The van der Waals surface area contributed by atoms with Gasteiger partial charge >= 0.3 is 0 Å². The van der Waals surface area contributed by atoms with Gasteiger partial charge in [-0.3, -0.25) is 14.8 Å². The largest absolute Gasteiger partial charge is 0.461 e. The molecule has 0 bridgehead atoms. The average Bonchev–Trinajstić information content (AvgIpc) is 2.38. The molecule has 0 spiro atoms. The van der Waals surface area contributed by atoms with Gasteiger partial charge in [0.15, 0.2) is 0 Å². The first-order valence-electron chi connectivity index (χ1n) is 4.91. The zero-order chi connectivity index (χ0) is 12.1. The maximum Gasteiger partial charge on any atom is 0.293 e. The van der Waals surface area contributed by atoms with E-state index < -0.39 is 0 Å². The summed E-state index contributed by atoms with van der Waals surface area (Å²) in [5.74, 6) is 0. The van der Waals surface area contributed by atoms with Crippen molar-refractivity contribution in [1.82, 2.24) is 9.97 Å². The molecule has 0 fully saturated rings. The number of halogens is 1. The Morgan fingerprint density at radius 1 is 1.18 bits per heavy atom. The first kappa shape index (κ1) is 11.5. The van der Waals surface area contributed by atoms with E-state index in [1.807, 2.05) is 12.1 Å². The third kappa shape index (κ3) is 3.01. The average molecular weight is 249 g/mol. The molecule has 0 saturated heterocycles. The Bertz CT molecular complexity index is 497. The zero-order valence-corrected chi connectivity index (χ0v) is 9.59. The molecule has 0 radical (unpaired) electrons. The van der Waals surface area contributed by atoms with Crippen LogP contribution in [0.2, 0.25) is 5.02 Å². The zero-order valence-electron chi connectivity index (χ0n) is 8.84. The molecule has 0 saturated carbocycles. The Balaban J connectivity index is 2.17. The van der Waals surface area contributed by atoms with Gasteiger partial charge < -0.3 is 4.74 Å². The number of ether oxygens (including phenoxy) is 1. The van der Waals surface area contributed by atoms with Crippen LogP contribution in [-0.4, -0.2) is 16.4 Å². The summed E-state index contributed by atoms with van der Waals surface area (Å²) in [5.41, 5.74) is 2.29. The normalized spacial score (nSPS) is 9.94. The van der Waals surface area contributed by atoms with Crippen LogP contribution in [0.25, 0.3) is 11.3 Å². The second-order valence-electron chi connectivity index (χ2n) is 3.31. The highest BCUT2D eigenvalue weighted by atomic mass is 35.5. The molecule has 0 atom stereocenters. The van der Waals surface area contributed by atoms with Gasteiger partial charge in [-0.25, -0.2) is 0 Å². The lowest BCUT2D eigenvalue weighted by Crippen LogP contribution is -1.96. The highest BCUT2D eigenvalue weighted by Crippen LogP contribution is 2.18. The minimum Gasteiger partial charge on any atom is -0.461 e. The Kier molecular flexibility index (Phi) is 3.67. The first-order valence-corrected chi connectivity index (χ1v) is 5.29. The molecule has 0 N–H and O–H groups in total. The van der Waals surface area contributed by atoms with Crippen LogP contribution in [0, 0.1) is 0 Å². The molecule has 0 amide bonds. The predicted octanol–water partition coefficient (Wildman–Crippen LogP) is 2.47. The Morgan fingerprint density at radius 2 is 1.94 bits per heavy atom. The highest BCUT2D eigenvalue weighted by molar-refractivity contribution is 6.30. The standard InChI is InChI=1S/C12H9ClN2O2/c13-10-3-1-9(2-4-10)12-6-14-11(5-15-12)7-17-8-16/h1-6,8H,7H2. The third-order valence-corrected chi connectivity index (χ3v) is 2.40. The van der Waals surface area contributed by atoms with Gasteiger partial charge in [0.2, 0.25) is 0 Å². The second kappa shape index (κ2) is 5.41. The van der Waals surface area contributed by atoms with Crippen LogP contribution in [0.4, 0.5) is 0 Å². The van der Waals surface area contributed by atoms with Crippen molar-refractivity contribution in [3.05, 3.63) is 47.4 Å². The van der Waals surface area contributed by atoms with E-state index in [1.165, 1.54) is 0 Å². The number of carbonyl (C=O) groups is 1. The smallest absolute Gasteiger partial charge is 0.293 e. The second-order valence-corrected chi connectivity index (χ2v) is 3.74. The molecular formula is C12H9ClN2O2. The molecule has 17 heavy (non-hydrogen) atoms. The van der Waals surface area contributed by atoms with Gasteiger partial charge in [-0.2, -0.15) is 0 Å². The molecule has 0 aliphatic heterocycles. The monoisotopic (exact) mass is 248 g/mol. The maximum absolute atomic E-state index is 10.0. The number of nitrogens with zero attached hydrogens (tertiary/aromatic N) is 2.